The highest BCUT2D eigenvalue weighted by atomic mass is 16.6. The summed E-state index contributed by atoms with van der Waals surface area (Å²) in [7, 11) is 1.96. The number of aryl methyl sites for hydroxylation is 1. The second-order valence-electron chi connectivity index (χ2n) is 7.81. The fourth-order valence-corrected chi connectivity index (χ4v) is 4.23. The maximum absolute atomic E-state index is 12.7. The minimum Gasteiger partial charge on any atom is -0.486 e. The zero-order chi connectivity index (χ0) is 20.7. The molecule has 1 unspecified atom stereocenters. The average Bonchev–Trinajstić information content (AvgIpc) is 3.32. The van der Waals surface area contributed by atoms with Crippen LogP contribution < -0.4 is 19.7 Å². The predicted molar refractivity (Wildman–Crippen MR) is 110 cm³/mol. The Labute approximate surface area is 174 Å². The normalized spacial score (nSPS) is 19.7. The van der Waals surface area contributed by atoms with Gasteiger partial charge in [-0.05, 0) is 31.1 Å². The number of anilines is 1. The zero-order valence-electron chi connectivity index (χ0n) is 16.9. The summed E-state index contributed by atoms with van der Waals surface area (Å²) >= 11 is 0. The second kappa shape index (κ2) is 7.51. The number of allylic oxidation sites excluding steroid dienone is 1. The lowest BCUT2D eigenvalue weighted by atomic mass is 10.1. The number of hydrogen-bond donors (Lipinski definition) is 1. The maximum Gasteiger partial charge on any atom is 0.227 e. The lowest BCUT2D eigenvalue weighted by molar-refractivity contribution is -0.126. The van der Waals surface area contributed by atoms with Crippen molar-refractivity contribution in [2.24, 2.45) is 13.0 Å². The van der Waals surface area contributed by atoms with Gasteiger partial charge in [0.25, 0.3) is 0 Å². The lowest BCUT2D eigenvalue weighted by Gasteiger charge is -2.22. The van der Waals surface area contributed by atoms with E-state index in [1.807, 2.05) is 23.7 Å². The van der Waals surface area contributed by atoms with E-state index in [9.17, 15) is 9.59 Å². The van der Waals surface area contributed by atoms with E-state index in [1.165, 1.54) is 0 Å². The van der Waals surface area contributed by atoms with E-state index in [0.717, 1.165) is 35.7 Å². The smallest absolute Gasteiger partial charge is 0.227 e. The van der Waals surface area contributed by atoms with Crippen molar-refractivity contribution >= 4 is 23.6 Å². The number of rotatable bonds is 4. The fourth-order valence-electron chi connectivity index (χ4n) is 4.23. The van der Waals surface area contributed by atoms with Gasteiger partial charge in [-0.25, -0.2) is 4.98 Å². The number of amides is 2. The Morgan fingerprint density at radius 3 is 2.93 bits per heavy atom. The molecular weight excluding hydrogens is 384 g/mol. The van der Waals surface area contributed by atoms with Crippen LogP contribution in [0.1, 0.15) is 30.1 Å². The van der Waals surface area contributed by atoms with Crippen LogP contribution >= 0.6 is 0 Å². The summed E-state index contributed by atoms with van der Waals surface area (Å²) in [6, 6.07) is 5.44. The van der Waals surface area contributed by atoms with Gasteiger partial charge >= 0.3 is 0 Å². The lowest BCUT2D eigenvalue weighted by Crippen LogP contribution is -2.33. The molecule has 30 heavy (non-hydrogen) atoms. The van der Waals surface area contributed by atoms with Crippen LogP contribution in [0, 0.1) is 5.92 Å². The number of nitrogens with zero attached hydrogens (tertiary/aromatic N) is 3. The number of nitrogens with one attached hydrogen (secondary N) is 1. The van der Waals surface area contributed by atoms with Gasteiger partial charge in [-0.1, -0.05) is 6.08 Å². The molecule has 2 aromatic rings. The predicted octanol–water partition coefficient (Wildman–Crippen LogP) is 1.82. The summed E-state index contributed by atoms with van der Waals surface area (Å²) in [5.74, 6) is 1.56. The zero-order valence-corrected chi connectivity index (χ0v) is 16.9. The van der Waals surface area contributed by atoms with E-state index in [4.69, 9.17) is 9.47 Å². The highest BCUT2D eigenvalue weighted by Gasteiger charge is 2.35. The van der Waals surface area contributed by atoms with Gasteiger partial charge in [-0.2, -0.15) is 0 Å². The maximum atomic E-state index is 12.7. The summed E-state index contributed by atoms with van der Waals surface area (Å²) in [5, 5.41) is 2.96. The van der Waals surface area contributed by atoms with E-state index in [2.05, 4.69) is 22.5 Å². The van der Waals surface area contributed by atoms with Gasteiger partial charge in [0.15, 0.2) is 11.5 Å². The molecule has 1 saturated heterocycles. The molecule has 1 aromatic heterocycles. The van der Waals surface area contributed by atoms with E-state index < -0.39 is 0 Å². The van der Waals surface area contributed by atoms with E-state index in [0.29, 0.717) is 37.8 Å². The van der Waals surface area contributed by atoms with Gasteiger partial charge in [0.2, 0.25) is 11.8 Å². The third-order valence-electron chi connectivity index (χ3n) is 5.89. The molecule has 8 nitrogen and oxygen atoms in total. The topological polar surface area (TPSA) is 85.7 Å². The van der Waals surface area contributed by atoms with Gasteiger partial charge in [-0.3, -0.25) is 9.59 Å². The van der Waals surface area contributed by atoms with E-state index in [-0.39, 0.29) is 24.2 Å². The molecule has 8 heteroatoms. The summed E-state index contributed by atoms with van der Waals surface area (Å²) in [4.78, 5) is 31.6. The number of carbonyl (C=O) groups excluding carboxylic acids is 2. The first-order valence-corrected chi connectivity index (χ1v) is 10.3. The molecule has 1 fully saturated rings. The fraction of sp³-hybridized carbons (Fsp3) is 0.409. The Balaban J connectivity index is 1.24. The summed E-state index contributed by atoms with van der Waals surface area (Å²) in [5.41, 5.74) is 2.90. The quantitative estimate of drug-likeness (QED) is 0.834. The van der Waals surface area contributed by atoms with Crippen molar-refractivity contribution in [3.05, 3.63) is 41.5 Å². The molecule has 3 aliphatic rings. The van der Waals surface area contributed by atoms with Crippen molar-refractivity contribution in [3.63, 3.8) is 0 Å². The average molecular weight is 408 g/mol. The van der Waals surface area contributed by atoms with E-state index >= 15 is 0 Å². The number of aromatic nitrogens is 2. The van der Waals surface area contributed by atoms with Crippen LogP contribution in [0.2, 0.25) is 0 Å². The molecule has 1 aliphatic carbocycles. The molecule has 1 atom stereocenters. The number of hydrogen-bond acceptors (Lipinski definition) is 5. The van der Waals surface area contributed by atoms with Gasteiger partial charge in [0.05, 0.1) is 23.9 Å². The molecule has 3 heterocycles. The van der Waals surface area contributed by atoms with Gasteiger partial charge in [0.1, 0.15) is 19.0 Å². The van der Waals surface area contributed by atoms with E-state index in [1.54, 1.807) is 11.0 Å². The summed E-state index contributed by atoms with van der Waals surface area (Å²) in [6.45, 7) is 1.71. The van der Waals surface area contributed by atoms with Crippen LogP contribution in [0.4, 0.5) is 5.69 Å². The molecule has 5 rings (SSSR count). The van der Waals surface area contributed by atoms with Crippen LogP contribution in [-0.4, -0.2) is 41.1 Å². The highest BCUT2D eigenvalue weighted by Crippen LogP contribution is 2.36. The SMILES string of the molecule is Cn1c(CNC(=O)C2CC(=O)N(c3ccc4c(c3)OCCO4)C2)nc2c1C=CCC2. The van der Waals surface area contributed by atoms with Crippen LogP contribution in [0.25, 0.3) is 6.08 Å². The van der Waals surface area contributed by atoms with Gasteiger partial charge in [0, 0.05) is 31.8 Å². The van der Waals surface area contributed by atoms with Gasteiger partial charge < -0.3 is 24.3 Å². The Morgan fingerprint density at radius 2 is 2.10 bits per heavy atom. The van der Waals surface area contributed by atoms with Crippen molar-refractivity contribution in [1.29, 1.82) is 0 Å². The molecule has 1 aromatic carbocycles. The Bertz CT molecular complexity index is 1040. The van der Waals surface area contributed by atoms with Crippen molar-refractivity contribution in [1.82, 2.24) is 14.9 Å². The van der Waals surface area contributed by atoms with Crippen LogP contribution in [-0.2, 0) is 29.6 Å². The Kier molecular flexibility index (Phi) is 4.69. The van der Waals surface area contributed by atoms with Gasteiger partial charge in [-0.15, -0.1) is 0 Å². The van der Waals surface area contributed by atoms with Crippen LogP contribution in [0.3, 0.4) is 0 Å². The Hall–Kier alpha value is -3.29. The molecule has 1 N–H and O–H groups in total. The monoisotopic (exact) mass is 408 g/mol. The molecule has 0 bridgehead atoms. The van der Waals surface area contributed by atoms with Crippen LogP contribution in [0.15, 0.2) is 24.3 Å². The van der Waals surface area contributed by atoms with Crippen molar-refractivity contribution < 1.29 is 19.1 Å². The molecule has 0 spiro atoms. The molecule has 0 radical (unpaired) electrons. The first-order chi connectivity index (χ1) is 14.6. The third-order valence-corrected chi connectivity index (χ3v) is 5.89. The first kappa shape index (κ1) is 18.7. The van der Waals surface area contributed by atoms with Crippen molar-refractivity contribution in [2.75, 3.05) is 24.7 Å². The molecular formula is C22H24N4O4. The minimum atomic E-state index is -0.388. The molecule has 0 saturated carbocycles. The highest BCUT2D eigenvalue weighted by molar-refractivity contribution is 6.00. The number of carbonyl (C=O) groups is 2. The largest absolute Gasteiger partial charge is 0.486 e. The molecule has 156 valence electrons. The second-order valence-corrected chi connectivity index (χ2v) is 7.81. The number of imidazole rings is 1. The number of ether oxygens (including phenoxy) is 2. The van der Waals surface area contributed by atoms with Crippen LogP contribution in [0.5, 0.6) is 11.5 Å². The number of fused-ring (bicyclic) bond motifs is 2. The molecule has 2 aliphatic heterocycles. The third kappa shape index (κ3) is 3.32. The molecule has 2 amide bonds. The van der Waals surface area contributed by atoms with Crippen molar-refractivity contribution in [2.45, 2.75) is 25.8 Å². The first-order valence-electron chi connectivity index (χ1n) is 10.3. The minimum absolute atomic E-state index is 0.0654. The standard InChI is InChI=1S/C22H24N4O4/c1-25-17-5-3-2-4-16(17)24-20(25)12-23-22(28)14-10-21(27)26(13-14)15-6-7-18-19(11-15)30-9-8-29-18/h3,5-7,11,14H,2,4,8-10,12-13H2,1H3,(H,23,28). The Morgan fingerprint density at radius 1 is 1.27 bits per heavy atom. The number of benzene rings is 1. The summed E-state index contributed by atoms with van der Waals surface area (Å²) in [6.07, 6.45) is 6.34. The summed E-state index contributed by atoms with van der Waals surface area (Å²) < 4.78 is 13.2. The van der Waals surface area contributed by atoms with Crippen molar-refractivity contribution in [3.8, 4) is 11.5 Å².